The molecule has 1 aliphatic rings. The summed E-state index contributed by atoms with van der Waals surface area (Å²) in [5.74, 6) is -0.676. The van der Waals surface area contributed by atoms with Crippen molar-refractivity contribution in [2.45, 2.75) is 10.9 Å². The van der Waals surface area contributed by atoms with E-state index in [1.165, 1.54) is 29.6 Å². The summed E-state index contributed by atoms with van der Waals surface area (Å²) < 4.78 is 46.4. The number of anilines is 2. The first kappa shape index (κ1) is 19.6. The van der Waals surface area contributed by atoms with Crippen molar-refractivity contribution >= 4 is 44.6 Å². The molecule has 0 fully saturated rings. The number of aromatic nitrogens is 1. The molecule has 0 amide bonds. The summed E-state index contributed by atoms with van der Waals surface area (Å²) in [7, 11) is -3.95. The average molecular weight is 456 g/mol. The molecule has 4 rings (SSSR count). The van der Waals surface area contributed by atoms with E-state index in [-0.39, 0.29) is 27.8 Å². The van der Waals surface area contributed by atoms with Gasteiger partial charge in [-0.25, -0.2) is 17.8 Å². The molecular formula is C17H12Cl2FN5O3S. The van der Waals surface area contributed by atoms with Crippen LogP contribution >= 0.6 is 23.2 Å². The van der Waals surface area contributed by atoms with Crippen LogP contribution in [-0.4, -0.2) is 19.9 Å². The van der Waals surface area contributed by atoms with Crippen LogP contribution in [0.25, 0.3) is 0 Å². The van der Waals surface area contributed by atoms with Crippen LogP contribution in [0.2, 0.25) is 10.0 Å². The van der Waals surface area contributed by atoms with E-state index < -0.39 is 21.9 Å². The second-order valence-electron chi connectivity index (χ2n) is 6.06. The average Bonchev–Trinajstić information content (AvgIpc) is 3.37. The first-order valence-corrected chi connectivity index (χ1v) is 10.4. The van der Waals surface area contributed by atoms with E-state index in [2.05, 4.69) is 20.0 Å². The van der Waals surface area contributed by atoms with Crippen molar-refractivity contribution in [2.75, 3.05) is 16.3 Å². The molecule has 1 unspecified atom stereocenters. The second kappa shape index (κ2) is 7.62. The Hall–Kier alpha value is -2.69. The summed E-state index contributed by atoms with van der Waals surface area (Å²) in [5.41, 5.74) is 0.602. The zero-order valence-electron chi connectivity index (χ0n) is 14.5. The van der Waals surface area contributed by atoms with Crippen molar-refractivity contribution in [1.82, 2.24) is 4.98 Å². The number of pyridine rings is 1. The van der Waals surface area contributed by atoms with Crippen LogP contribution in [0.4, 0.5) is 15.8 Å². The summed E-state index contributed by atoms with van der Waals surface area (Å²) in [6.45, 7) is 0.177. The summed E-state index contributed by atoms with van der Waals surface area (Å²) in [4.78, 5) is 3.91. The molecule has 150 valence electrons. The molecule has 0 aliphatic carbocycles. The highest BCUT2D eigenvalue weighted by Crippen LogP contribution is 2.40. The van der Waals surface area contributed by atoms with E-state index in [4.69, 9.17) is 27.6 Å². The number of furan rings is 1. The molecule has 1 atom stereocenters. The number of nitrogens with one attached hydrogen (secondary N) is 1. The maximum Gasteiger partial charge on any atom is 0.265 e. The lowest BCUT2D eigenvalue weighted by Gasteiger charge is -2.18. The Bertz CT molecular complexity index is 1190. The van der Waals surface area contributed by atoms with Crippen molar-refractivity contribution in [1.29, 1.82) is 0 Å². The number of rotatable bonds is 5. The van der Waals surface area contributed by atoms with Gasteiger partial charge >= 0.3 is 0 Å². The number of benzene rings is 1. The Labute approximate surface area is 175 Å². The summed E-state index contributed by atoms with van der Waals surface area (Å²) >= 11 is 12.3. The number of nitrogens with zero attached hydrogens (tertiary/aromatic N) is 4. The van der Waals surface area contributed by atoms with E-state index in [9.17, 15) is 12.8 Å². The monoisotopic (exact) mass is 455 g/mol. The summed E-state index contributed by atoms with van der Waals surface area (Å²) in [5, 5.41) is 9.63. The van der Waals surface area contributed by atoms with Gasteiger partial charge in [0.15, 0.2) is 0 Å². The predicted octanol–water partition coefficient (Wildman–Crippen LogP) is 4.85. The van der Waals surface area contributed by atoms with Gasteiger partial charge in [0.2, 0.25) is 0 Å². The van der Waals surface area contributed by atoms with Crippen LogP contribution in [0.1, 0.15) is 11.6 Å². The van der Waals surface area contributed by atoms with Crippen molar-refractivity contribution in [3.63, 3.8) is 0 Å². The van der Waals surface area contributed by atoms with Crippen molar-refractivity contribution in [2.24, 2.45) is 10.3 Å². The van der Waals surface area contributed by atoms with Gasteiger partial charge in [-0.1, -0.05) is 28.4 Å². The van der Waals surface area contributed by atoms with Crippen LogP contribution in [0.5, 0.6) is 0 Å². The molecular weight excluding hydrogens is 444 g/mol. The van der Waals surface area contributed by atoms with Gasteiger partial charge in [0.1, 0.15) is 28.7 Å². The zero-order chi connectivity index (χ0) is 20.6. The Kier molecular flexibility index (Phi) is 5.15. The Balaban J connectivity index is 1.62. The normalized spacial score (nSPS) is 16.4. The van der Waals surface area contributed by atoms with Crippen LogP contribution in [0, 0.1) is 5.82 Å². The van der Waals surface area contributed by atoms with Crippen molar-refractivity contribution in [3.05, 3.63) is 70.6 Å². The molecule has 0 radical (unpaired) electrons. The molecule has 3 heterocycles. The quantitative estimate of drug-likeness (QED) is 0.592. The molecule has 0 spiro atoms. The molecule has 1 aliphatic heterocycles. The van der Waals surface area contributed by atoms with E-state index in [1.807, 2.05) is 0 Å². The molecule has 0 saturated heterocycles. The van der Waals surface area contributed by atoms with Gasteiger partial charge < -0.3 is 4.42 Å². The first-order valence-electron chi connectivity index (χ1n) is 8.17. The summed E-state index contributed by atoms with van der Waals surface area (Å²) in [6.07, 6.45) is 5.37. The first-order chi connectivity index (χ1) is 13.8. The molecule has 8 nitrogen and oxygen atoms in total. The fourth-order valence-corrected chi connectivity index (χ4v) is 4.28. The zero-order valence-corrected chi connectivity index (χ0v) is 16.8. The largest absolute Gasteiger partial charge is 0.471 e. The number of sulfonamides is 1. The Morgan fingerprint density at radius 3 is 2.79 bits per heavy atom. The molecule has 2 aromatic heterocycles. The van der Waals surface area contributed by atoms with Crippen molar-refractivity contribution < 1.29 is 17.2 Å². The predicted molar refractivity (Wildman–Crippen MR) is 105 cm³/mol. The Morgan fingerprint density at radius 2 is 2.07 bits per heavy atom. The minimum Gasteiger partial charge on any atom is -0.471 e. The van der Waals surface area contributed by atoms with Gasteiger partial charge in [-0.15, -0.1) is 0 Å². The van der Waals surface area contributed by atoms with Gasteiger partial charge in [0.25, 0.3) is 10.0 Å². The highest BCUT2D eigenvalue weighted by atomic mass is 35.5. The van der Waals surface area contributed by atoms with Gasteiger partial charge in [-0.05, 0) is 24.3 Å². The van der Waals surface area contributed by atoms with Gasteiger partial charge in [-0.2, -0.15) is 5.11 Å². The van der Waals surface area contributed by atoms with Gasteiger partial charge in [0, 0.05) is 18.0 Å². The van der Waals surface area contributed by atoms with Crippen LogP contribution in [0.15, 0.2) is 68.8 Å². The topological polar surface area (TPSA) is 100 Å². The molecule has 1 N–H and O–H groups in total. The molecule has 29 heavy (non-hydrogen) atoms. The molecule has 3 aromatic rings. The molecule has 12 heteroatoms. The van der Waals surface area contributed by atoms with E-state index in [0.29, 0.717) is 10.6 Å². The van der Waals surface area contributed by atoms with E-state index in [0.717, 1.165) is 12.3 Å². The molecule has 0 bridgehead atoms. The minimum atomic E-state index is -3.95. The fourth-order valence-electron chi connectivity index (χ4n) is 2.75. The number of hydrogen-bond donors (Lipinski definition) is 1. The smallest absolute Gasteiger partial charge is 0.265 e. The van der Waals surface area contributed by atoms with Crippen LogP contribution in [0.3, 0.4) is 0 Å². The molecule has 1 aromatic carbocycles. The number of hydrogen-bond acceptors (Lipinski definition) is 7. The van der Waals surface area contributed by atoms with E-state index in [1.54, 1.807) is 12.3 Å². The van der Waals surface area contributed by atoms with Crippen LogP contribution in [-0.2, 0) is 10.0 Å². The third-order valence-corrected chi connectivity index (χ3v) is 6.06. The number of halogens is 3. The minimum absolute atomic E-state index is 0.00709. The highest BCUT2D eigenvalue weighted by molar-refractivity contribution is 7.92. The SMILES string of the molecule is O=S(=O)(Nc1ccc(F)c(N2CC(c3cncc(Cl)c3)N=N2)c1Cl)c1ccoc1. The Morgan fingerprint density at radius 1 is 1.24 bits per heavy atom. The third-order valence-electron chi connectivity index (χ3n) is 4.13. The lowest BCUT2D eigenvalue weighted by atomic mass is 10.1. The lowest BCUT2D eigenvalue weighted by Crippen LogP contribution is -2.19. The standard InChI is InChI=1S/C17H12Cl2FN5O3S/c18-11-5-10(6-21-7-11)15-8-25(24-22-15)17-13(20)1-2-14(16(17)19)23-29(26,27)12-3-4-28-9-12/h1-7,9,15,23H,8H2. The maximum atomic E-state index is 14.5. The maximum absolute atomic E-state index is 14.5. The van der Waals surface area contributed by atoms with E-state index >= 15 is 0 Å². The third kappa shape index (κ3) is 3.91. The molecule has 0 saturated carbocycles. The second-order valence-corrected chi connectivity index (χ2v) is 8.56. The summed E-state index contributed by atoms with van der Waals surface area (Å²) in [6, 6.07) is 4.86. The van der Waals surface area contributed by atoms with Crippen molar-refractivity contribution in [3.8, 4) is 0 Å². The van der Waals surface area contributed by atoms with Gasteiger partial charge in [0.05, 0.1) is 28.5 Å². The fraction of sp³-hybridized carbons (Fsp3) is 0.118. The lowest BCUT2D eigenvalue weighted by molar-refractivity contribution is 0.557. The van der Waals surface area contributed by atoms with Gasteiger partial charge in [-0.3, -0.25) is 9.71 Å². The van der Waals surface area contributed by atoms with Crippen LogP contribution < -0.4 is 9.73 Å². The highest BCUT2D eigenvalue weighted by Gasteiger charge is 2.28.